The molecule has 30 heavy (non-hydrogen) atoms. The molecule has 1 saturated heterocycles. The lowest BCUT2D eigenvalue weighted by molar-refractivity contribution is -0.114. The van der Waals surface area contributed by atoms with Crippen LogP contribution in [0.3, 0.4) is 0 Å². The summed E-state index contributed by atoms with van der Waals surface area (Å²) in [5.74, 6) is 0.975. The Balaban J connectivity index is 1.61. The van der Waals surface area contributed by atoms with Crippen LogP contribution in [0.5, 0.6) is 0 Å². The highest BCUT2D eigenvalue weighted by atomic mass is 35.5. The minimum absolute atomic E-state index is 0.0438. The number of benzene rings is 2. The van der Waals surface area contributed by atoms with Crippen LogP contribution >= 0.6 is 23.4 Å². The molecule has 0 saturated carbocycles. The molecule has 156 valence electrons. The lowest BCUT2D eigenvalue weighted by atomic mass is 9.91. The Morgan fingerprint density at radius 2 is 1.87 bits per heavy atom. The van der Waals surface area contributed by atoms with Gasteiger partial charge in [-0.15, -0.1) is 0 Å². The first-order valence-electron chi connectivity index (χ1n) is 10.2. The minimum Gasteiger partial charge on any atom is -0.338 e. The van der Waals surface area contributed by atoms with Crippen molar-refractivity contribution in [1.82, 2.24) is 4.90 Å². The van der Waals surface area contributed by atoms with Gasteiger partial charge in [0.05, 0.1) is 10.6 Å². The van der Waals surface area contributed by atoms with Crippen LogP contribution in [-0.4, -0.2) is 36.9 Å². The number of likely N-dealkylation sites (N-methyl/N-ethyl adjacent to an activating group) is 1. The molecule has 0 unspecified atom stereocenters. The van der Waals surface area contributed by atoms with E-state index in [2.05, 4.69) is 13.8 Å². The van der Waals surface area contributed by atoms with Crippen LogP contribution < -0.4 is 4.90 Å². The third-order valence-corrected chi connectivity index (χ3v) is 6.92. The summed E-state index contributed by atoms with van der Waals surface area (Å²) in [5, 5.41) is 0.635. The van der Waals surface area contributed by atoms with Crippen molar-refractivity contribution in [2.75, 3.05) is 25.0 Å². The Hall–Kier alpha value is -2.24. The Morgan fingerprint density at radius 3 is 2.57 bits per heavy atom. The second-order valence-electron chi connectivity index (χ2n) is 8.37. The maximum absolute atomic E-state index is 13.1. The fourth-order valence-electron chi connectivity index (χ4n) is 4.29. The predicted octanol–water partition coefficient (Wildman–Crippen LogP) is 5.57. The van der Waals surface area contributed by atoms with Crippen LogP contribution in [0.25, 0.3) is 6.08 Å². The van der Waals surface area contributed by atoms with Gasteiger partial charge in [0.15, 0.2) is 0 Å². The average molecular weight is 441 g/mol. The molecular weight excluding hydrogens is 416 g/mol. The second kappa shape index (κ2) is 8.48. The number of nitrogens with zero attached hydrogens (tertiary/aromatic N) is 2. The van der Waals surface area contributed by atoms with Crippen molar-refractivity contribution < 1.29 is 9.59 Å². The van der Waals surface area contributed by atoms with E-state index in [4.69, 9.17) is 11.6 Å². The van der Waals surface area contributed by atoms with Gasteiger partial charge in [-0.3, -0.25) is 9.59 Å². The van der Waals surface area contributed by atoms with Crippen molar-refractivity contribution in [3.8, 4) is 0 Å². The van der Waals surface area contributed by atoms with Gasteiger partial charge in [-0.1, -0.05) is 49.3 Å². The number of amides is 2. The molecule has 2 atom stereocenters. The molecular formula is C24H25ClN2O2S. The normalized spacial score (nSPS) is 22.9. The minimum atomic E-state index is -0.0858. The first-order chi connectivity index (χ1) is 14.3. The highest BCUT2D eigenvalue weighted by molar-refractivity contribution is 8.04. The first kappa shape index (κ1) is 21.0. The van der Waals surface area contributed by atoms with Gasteiger partial charge in [-0.05, 0) is 60.2 Å². The average Bonchev–Trinajstić information content (AvgIpc) is 2.70. The van der Waals surface area contributed by atoms with Crippen molar-refractivity contribution in [2.24, 2.45) is 11.8 Å². The molecule has 0 radical (unpaired) electrons. The number of piperidine rings is 1. The van der Waals surface area contributed by atoms with E-state index >= 15 is 0 Å². The molecule has 2 aliphatic heterocycles. The lowest BCUT2D eigenvalue weighted by Gasteiger charge is -2.35. The standard InChI is InChI=1S/C24H25ClN2O2S/c1-15-9-16(2)14-27(13-15)23(28)18-7-8-21-20(12-18)26(3)24(29)22(30-21)11-17-5-4-6-19(25)10-17/h4-8,10-12,15-16H,9,13-14H2,1-3H3/b22-11-/t15-,16-/m0/s1. The Labute approximate surface area is 186 Å². The fraction of sp³-hybridized carbons (Fsp3) is 0.333. The third-order valence-electron chi connectivity index (χ3n) is 5.61. The molecule has 2 aromatic rings. The van der Waals surface area contributed by atoms with Gasteiger partial charge in [0.2, 0.25) is 0 Å². The van der Waals surface area contributed by atoms with Crippen LogP contribution in [0.1, 0.15) is 36.2 Å². The van der Waals surface area contributed by atoms with E-state index in [1.807, 2.05) is 53.4 Å². The maximum atomic E-state index is 13.1. The van der Waals surface area contributed by atoms with Crippen LogP contribution in [0.4, 0.5) is 5.69 Å². The van der Waals surface area contributed by atoms with Gasteiger partial charge >= 0.3 is 0 Å². The second-order valence-corrected chi connectivity index (χ2v) is 9.89. The molecule has 0 aromatic heterocycles. The summed E-state index contributed by atoms with van der Waals surface area (Å²) >= 11 is 7.50. The van der Waals surface area contributed by atoms with Crippen molar-refractivity contribution in [2.45, 2.75) is 25.2 Å². The summed E-state index contributed by atoms with van der Waals surface area (Å²) in [6.45, 7) is 5.96. The van der Waals surface area contributed by atoms with Crippen LogP contribution in [0.15, 0.2) is 52.3 Å². The van der Waals surface area contributed by atoms with Crippen LogP contribution in [-0.2, 0) is 4.79 Å². The summed E-state index contributed by atoms with van der Waals surface area (Å²) in [6, 6.07) is 13.1. The largest absolute Gasteiger partial charge is 0.338 e. The lowest BCUT2D eigenvalue weighted by Crippen LogP contribution is -2.42. The highest BCUT2D eigenvalue weighted by Gasteiger charge is 2.30. The van der Waals surface area contributed by atoms with Crippen LogP contribution in [0.2, 0.25) is 5.02 Å². The summed E-state index contributed by atoms with van der Waals surface area (Å²) in [6.07, 6.45) is 3.01. The number of fused-ring (bicyclic) bond motifs is 1. The SMILES string of the molecule is C[C@H]1C[C@H](C)CN(C(=O)c2ccc3c(c2)N(C)C(=O)/C(=C/c2cccc(Cl)c2)S3)C1. The Bertz CT molecular complexity index is 1030. The molecule has 4 rings (SSSR count). The Kier molecular flexibility index (Phi) is 5.94. The number of anilines is 1. The zero-order chi connectivity index (χ0) is 21.4. The van der Waals surface area contributed by atoms with Gasteiger partial charge < -0.3 is 9.80 Å². The number of halogens is 1. The van der Waals surface area contributed by atoms with Crippen molar-refractivity contribution in [1.29, 1.82) is 0 Å². The molecule has 2 heterocycles. The number of carbonyl (C=O) groups is 2. The number of likely N-dealkylation sites (tertiary alicyclic amines) is 1. The molecule has 2 aliphatic rings. The summed E-state index contributed by atoms with van der Waals surface area (Å²) in [4.78, 5) is 31.2. The summed E-state index contributed by atoms with van der Waals surface area (Å²) < 4.78 is 0. The van der Waals surface area contributed by atoms with E-state index in [9.17, 15) is 9.59 Å². The number of hydrogen-bond acceptors (Lipinski definition) is 3. The Morgan fingerprint density at radius 1 is 1.13 bits per heavy atom. The number of thioether (sulfide) groups is 1. The third kappa shape index (κ3) is 4.28. The van der Waals surface area contributed by atoms with Gasteiger partial charge in [0.1, 0.15) is 0 Å². The first-order valence-corrected chi connectivity index (χ1v) is 11.4. The van der Waals surface area contributed by atoms with E-state index in [1.54, 1.807) is 11.9 Å². The molecule has 2 aromatic carbocycles. The van der Waals surface area contributed by atoms with Crippen molar-refractivity contribution in [3.63, 3.8) is 0 Å². The van der Waals surface area contributed by atoms with E-state index in [0.29, 0.717) is 27.3 Å². The zero-order valence-electron chi connectivity index (χ0n) is 17.4. The topological polar surface area (TPSA) is 40.6 Å². The fourth-order valence-corrected chi connectivity index (χ4v) is 5.58. The van der Waals surface area contributed by atoms with E-state index in [0.717, 1.165) is 35.7 Å². The summed E-state index contributed by atoms with van der Waals surface area (Å²) in [7, 11) is 1.76. The van der Waals surface area contributed by atoms with Gasteiger partial charge in [0.25, 0.3) is 11.8 Å². The maximum Gasteiger partial charge on any atom is 0.264 e. The molecule has 0 aliphatic carbocycles. The number of carbonyl (C=O) groups excluding carboxylic acids is 2. The van der Waals surface area contributed by atoms with Gasteiger partial charge in [0, 0.05) is 35.6 Å². The molecule has 6 heteroatoms. The molecule has 2 amide bonds. The smallest absolute Gasteiger partial charge is 0.264 e. The van der Waals surface area contributed by atoms with Crippen molar-refractivity contribution >= 4 is 46.9 Å². The monoisotopic (exact) mass is 440 g/mol. The highest BCUT2D eigenvalue weighted by Crippen LogP contribution is 2.42. The van der Waals surface area contributed by atoms with Crippen molar-refractivity contribution in [3.05, 3.63) is 63.5 Å². The number of rotatable bonds is 2. The summed E-state index contributed by atoms with van der Waals surface area (Å²) in [5.41, 5.74) is 2.30. The van der Waals surface area contributed by atoms with Gasteiger partial charge in [-0.2, -0.15) is 0 Å². The molecule has 0 N–H and O–H groups in total. The molecule has 0 bridgehead atoms. The quantitative estimate of drug-likeness (QED) is 0.573. The van der Waals surface area contributed by atoms with Gasteiger partial charge in [-0.25, -0.2) is 0 Å². The predicted molar refractivity (Wildman–Crippen MR) is 124 cm³/mol. The molecule has 4 nitrogen and oxygen atoms in total. The molecule has 0 spiro atoms. The number of hydrogen-bond donors (Lipinski definition) is 0. The van der Waals surface area contributed by atoms with Crippen LogP contribution in [0, 0.1) is 11.8 Å². The van der Waals surface area contributed by atoms with E-state index in [-0.39, 0.29) is 11.8 Å². The van der Waals surface area contributed by atoms with E-state index in [1.165, 1.54) is 11.8 Å². The van der Waals surface area contributed by atoms with E-state index < -0.39 is 0 Å². The molecule has 1 fully saturated rings. The zero-order valence-corrected chi connectivity index (χ0v) is 19.0.